The number of carbonyl (C=O) groups is 2. The molecule has 0 unspecified atom stereocenters. The molecule has 2 N–H and O–H groups in total. The first-order valence-corrected chi connectivity index (χ1v) is 11.6. The van der Waals surface area contributed by atoms with Gasteiger partial charge in [-0.05, 0) is 60.2 Å². The van der Waals surface area contributed by atoms with E-state index in [4.69, 9.17) is 37.8 Å². The molecule has 0 aliphatic heterocycles. The maximum Gasteiger partial charge on any atom is 0.305 e. The van der Waals surface area contributed by atoms with Crippen molar-refractivity contribution in [2.45, 2.75) is 6.42 Å². The van der Waals surface area contributed by atoms with Crippen molar-refractivity contribution in [2.75, 3.05) is 13.7 Å². The molecule has 1 amide bonds. The number of carbonyl (C=O) groups excluding carboxylic acids is 1. The van der Waals surface area contributed by atoms with E-state index in [1.807, 2.05) is 30.5 Å². The number of rotatable bonds is 9. The number of carboxylic acids is 1. The zero-order valence-electron chi connectivity index (χ0n) is 19.1. The molecule has 0 bridgehead atoms. The average molecular weight is 526 g/mol. The van der Waals surface area contributed by atoms with Gasteiger partial charge in [0.05, 0.1) is 24.8 Å². The van der Waals surface area contributed by atoms with Crippen molar-refractivity contribution in [3.8, 4) is 34.2 Å². The molecule has 0 aliphatic rings. The fraction of sp³-hybridized carbons (Fsp3) is 0.115. The number of amides is 1. The van der Waals surface area contributed by atoms with Crippen LogP contribution in [0, 0.1) is 0 Å². The number of methoxy groups -OCH3 is 1. The van der Waals surface area contributed by atoms with E-state index in [0.29, 0.717) is 44.2 Å². The molecule has 1 heterocycles. The molecular formula is C26H21Cl2N3O5. The average Bonchev–Trinajstić information content (AvgIpc) is 3.27. The first-order valence-electron chi connectivity index (χ1n) is 10.8. The summed E-state index contributed by atoms with van der Waals surface area (Å²) in [7, 11) is 1.60. The van der Waals surface area contributed by atoms with Crippen molar-refractivity contribution < 1.29 is 24.2 Å². The van der Waals surface area contributed by atoms with Gasteiger partial charge in [-0.15, -0.1) is 5.10 Å². The molecule has 0 radical (unpaired) electrons. The molecule has 1 aromatic heterocycles. The summed E-state index contributed by atoms with van der Waals surface area (Å²) < 4.78 is 13.0. The predicted octanol–water partition coefficient (Wildman–Crippen LogP) is 5.85. The van der Waals surface area contributed by atoms with Gasteiger partial charge in [0.25, 0.3) is 5.91 Å². The molecule has 36 heavy (non-hydrogen) atoms. The molecule has 0 aliphatic carbocycles. The van der Waals surface area contributed by atoms with Crippen LogP contribution in [0.1, 0.15) is 16.8 Å². The van der Waals surface area contributed by atoms with Crippen molar-refractivity contribution in [3.63, 3.8) is 0 Å². The van der Waals surface area contributed by atoms with E-state index in [0.717, 1.165) is 5.56 Å². The molecule has 3 aromatic carbocycles. The molecule has 10 heteroatoms. The Labute approximate surface area is 217 Å². The van der Waals surface area contributed by atoms with Crippen LogP contribution in [0.15, 0.2) is 72.9 Å². The van der Waals surface area contributed by atoms with E-state index >= 15 is 0 Å². The molecule has 0 saturated carbocycles. The lowest BCUT2D eigenvalue weighted by atomic mass is 10.1. The lowest BCUT2D eigenvalue weighted by molar-refractivity contribution is -0.136. The lowest BCUT2D eigenvalue weighted by Gasteiger charge is -2.08. The van der Waals surface area contributed by atoms with Gasteiger partial charge in [-0.25, -0.2) is 4.68 Å². The Kier molecular flexibility index (Phi) is 7.77. The van der Waals surface area contributed by atoms with Crippen LogP contribution in [-0.4, -0.2) is 40.4 Å². The Bertz CT molecular complexity index is 1370. The summed E-state index contributed by atoms with van der Waals surface area (Å²) in [5, 5.41) is 16.8. The minimum Gasteiger partial charge on any atom is -0.497 e. The molecule has 8 nitrogen and oxygen atoms in total. The summed E-state index contributed by atoms with van der Waals surface area (Å²) in [4.78, 5) is 22.8. The first kappa shape index (κ1) is 25.1. The van der Waals surface area contributed by atoms with Crippen LogP contribution in [-0.2, 0) is 4.79 Å². The number of benzene rings is 3. The number of aliphatic carboxylic acids is 1. The summed E-state index contributed by atoms with van der Waals surface area (Å²) >= 11 is 12.4. The molecule has 0 saturated heterocycles. The van der Waals surface area contributed by atoms with E-state index in [1.54, 1.807) is 54.3 Å². The van der Waals surface area contributed by atoms with Gasteiger partial charge in [0.2, 0.25) is 5.88 Å². The smallest absolute Gasteiger partial charge is 0.305 e. The van der Waals surface area contributed by atoms with E-state index in [-0.39, 0.29) is 18.9 Å². The summed E-state index contributed by atoms with van der Waals surface area (Å²) in [6, 6.07) is 19.0. The molecule has 4 aromatic rings. The Hall–Kier alpha value is -4.01. The van der Waals surface area contributed by atoms with E-state index in [9.17, 15) is 9.59 Å². The van der Waals surface area contributed by atoms with Gasteiger partial charge >= 0.3 is 5.97 Å². The van der Waals surface area contributed by atoms with Gasteiger partial charge in [-0.3, -0.25) is 9.59 Å². The summed E-state index contributed by atoms with van der Waals surface area (Å²) in [6.45, 7) is 0.0442. The quantitative estimate of drug-likeness (QED) is 0.284. The third kappa shape index (κ3) is 6.16. The number of nitrogens with zero attached hydrogens (tertiary/aromatic N) is 2. The van der Waals surface area contributed by atoms with Crippen LogP contribution < -0.4 is 14.8 Å². The minimum absolute atomic E-state index is 0.0442. The number of aromatic nitrogens is 2. The number of hydrogen-bond donors (Lipinski definition) is 2. The van der Waals surface area contributed by atoms with Gasteiger partial charge in [0.1, 0.15) is 11.5 Å². The van der Waals surface area contributed by atoms with Crippen molar-refractivity contribution in [2.24, 2.45) is 0 Å². The first-order chi connectivity index (χ1) is 17.3. The van der Waals surface area contributed by atoms with Crippen LogP contribution in [0.4, 0.5) is 0 Å². The second-order valence-electron chi connectivity index (χ2n) is 7.67. The van der Waals surface area contributed by atoms with Crippen LogP contribution >= 0.6 is 23.2 Å². The van der Waals surface area contributed by atoms with Crippen molar-refractivity contribution in [1.29, 1.82) is 0 Å². The number of carboxylic acid groups (broad SMARTS) is 1. The Morgan fingerprint density at radius 2 is 1.61 bits per heavy atom. The van der Waals surface area contributed by atoms with Gasteiger partial charge in [0.15, 0.2) is 0 Å². The highest BCUT2D eigenvalue weighted by molar-refractivity contribution is 6.34. The third-order valence-corrected chi connectivity index (χ3v) is 5.59. The molecule has 4 rings (SSSR count). The van der Waals surface area contributed by atoms with Gasteiger partial charge in [-0.1, -0.05) is 35.3 Å². The maximum atomic E-state index is 12.2. The zero-order valence-corrected chi connectivity index (χ0v) is 20.6. The second-order valence-corrected chi connectivity index (χ2v) is 8.55. The standard InChI is InChI=1S/C26H21Cl2N3O5/c1-35-21-6-2-16(3-7-21)23-15-31(20-13-18(27)12-19(28)14-20)30-26(23)36-22-8-4-17(5-9-22)25(34)29-11-10-24(32)33/h2-9,12-15H,10-11H2,1H3,(H,29,34)(H,32,33). The monoisotopic (exact) mass is 525 g/mol. The summed E-state index contributed by atoms with van der Waals surface area (Å²) in [6.07, 6.45) is 1.66. The van der Waals surface area contributed by atoms with E-state index in [1.165, 1.54) is 0 Å². The number of halogens is 2. The van der Waals surface area contributed by atoms with Gasteiger partial charge in [-0.2, -0.15) is 0 Å². The minimum atomic E-state index is -0.980. The SMILES string of the molecule is COc1ccc(-c2cn(-c3cc(Cl)cc(Cl)c3)nc2Oc2ccc(C(=O)NCCC(=O)O)cc2)cc1. The number of hydrogen-bond acceptors (Lipinski definition) is 5. The maximum absolute atomic E-state index is 12.2. The van der Waals surface area contributed by atoms with Crippen molar-refractivity contribution >= 4 is 35.1 Å². The topological polar surface area (TPSA) is 103 Å². The predicted molar refractivity (Wildman–Crippen MR) is 137 cm³/mol. The number of nitrogens with one attached hydrogen (secondary N) is 1. The fourth-order valence-electron chi connectivity index (χ4n) is 3.38. The molecule has 0 fully saturated rings. The lowest BCUT2D eigenvalue weighted by Crippen LogP contribution is -2.25. The zero-order chi connectivity index (χ0) is 25.7. The van der Waals surface area contributed by atoms with Crippen LogP contribution in [0.5, 0.6) is 17.4 Å². The van der Waals surface area contributed by atoms with Crippen LogP contribution in [0.2, 0.25) is 10.0 Å². The Morgan fingerprint density at radius 1 is 0.972 bits per heavy atom. The van der Waals surface area contributed by atoms with Crippen LogP contribution in [0.3, 0.4) is 0 Å². The fourth-order valence-corrected chi connectivity index (χ4v) is 3.89. The third-order valence-electron chi connectivity index (χ3n) is 5.15. The van der Waals surface area contributed by atoms with E-state index < -0.39 is 5.97 Å². The highest BCUT2D eigenvalue weighted by Gasteiger charge is 2.16. The second kappa shape index (κ2) is 11.2. The van der Waals surface area contributed by atoms with Gasteiger partial charge in [0, 0.05) is 28.4 Å². The summed E-state index contributed by atoms with van der Waals surface area (Å²) in [5.41, 5.74) is 2.59. The largest absolute Gasteiger partial charge is 0.497 e. The van der Waals surface area contributed by atoms with Crippen LogP contribution in [0.25, 0.3) is 16.8 Å². The normalized spacial score (nSPS) is 10.6. The van der Waals surface area contributed by atoms with Gasteiger partial charge < -0.3 is 19.9 Å². The Morgan fingerprint density at radius 3 is 2.22 bits per heavy atom. The molecule has 0 spiro atoms. The molecule has 0 atom stereocenters. The van der Waals surface area contributed by atoms with E-state index in [2.05, 4.69) is 10.4 Å². The number of ether oxygens (including phenoxy) is 2. The highest BCUT2D eigenvalue weighted by Crippen LogP contribution is 2.35. The Balaban J connectivity index is 1.62. The molecule has 184 valence electrons. The highest BCUT2D eigenvalue weighted by atomic mass is 35.5. The van der Waals surface area contributed by atoms with Crippen molar-refractivity contribution in [1.82, 2.24) is 15.1 Å². The molecular weight excluding hydrogens is 505 g/mol. The van der Waals surface area contributed by atoms with Crippen molar-refractivity contribution in [3.05, 3.63) is 88.5 Å². The summed E-state index contributed by atoms with van der Waals surface area (Å²) in [5.74, 6) is 0.152.